The van der Waals surface area contributed by atoms with Gasteiger partial charge in [-0.05, 0) is 80.2 Å². The minimum Gasteiger partial charge on any atom is -0.334 e. The van der Waals surface area contributed by atoms with Crippen LogP contribution in [0.5, 0.6) is 0 Å². The van der Waals surface area contributed by atoms with E-state index in [0.29, 0.717) is 11.5 Å². The monoisotopic (exact) mass is 510 g/mol. The second-order valence-corrected chi connectivity index (χ2v) is 11.6. The molecule has 7 rings (SSSR count). The molecular weight excluding hydrogens is 475 g/mol. The van der Waals surface area contributed by atoms with Gasteiger partial charge in [0.15, 0.2) is 0 Å². The zero-order valence-electron chi connectivity index (χ0n) is 20.6. The maximum absolute atomic E-state index is 4.71. The number of benzene rings is 1. The molecule has 4 aliphatic carbocycles. The molecule has 0 bridgehead atoms. The van der Waals surface area contributed by atoms with Crippen LogP contribution in [0.2, 0.25) is 0 Å². The molecule has 0 spiro atoms. The fraction of sp³-hybridized carbons (Fsp3) is 0.517. The zero-order valence-corrected chi connectivity index (χ0v) is 22.3. The third-order valence-corrected chi connectivity index (χ3v) is 10.3. The molecule has 3 aromatic rings. The maximum atomic E-state index is 4.71. The highest BCUT2D eigenvalue weighted by atomic mass is 35.5. The first-order valence-electron chi connectivity index (χ1n) is 12.9. The number of rotatable bonds is 2. The third kappa shape index (κ3) is 3.47. The maximum Gasteiger partial charge on any atom is 0.100 e. The van der Waals surface area contributed by atoms with E-state index < -0.39 is 0 Å². The second kappa shape index (κ2) is 8.81. The smallest absolute Gasteiger partial charge is 0.100 e. The van der Waals surface area contributed by atoms with Crippen molar-refractivity contribution in [2.24, 2.45) is 28.6 Å². The van der Waals surface area contributed by atoms with Crippen molar-refractivity contribution < 1.29 is 0 Å². The lowest BCUT2D eigenvalue weighted by molar-refractivity contribution is -0.0151. The quantitative estimate of drug-likeness (QED) is 0.330. The van der Waals surface area contributed by atoms with Crippen molar-refractivity contribution in [3.63, 3.8) is 0 Å². The molecule has 2 aromatic heterocycles. The van der Waals surface area contributed by atoms with Crippen LogP contribution in [0.1, 0.15) is 64.8 Å². The molecule has 4 nitrogen and oxygen atoms in total. The molecule has 4 aliphatic rings. The van der Waals surface area contributed by atoms with Crippen LogP contribution in [0.25, 0.3) is 16.7 Å². The van der Waals surface area contributed by atoms with Gasteiger partial charge in [0.05, 0.1) is 17.4 Å². The molecule has 1 aromatic carbocycles. The normalized spacial score (nSPS) is 35.6. The predicted octanol–water partition coefficient (Wildman–Crippen LogP) is 7.73. The van der Waals surface area contributed by atoms with Gasteiger partial charge in [-0.3, -0.25) is 0 Å². The highest BCUT2D eigenvalue weighted by Crippen LogP contribution is 2.66. The van der Waals surface area contributed by atoms with Gasteiger partial charge in [0, 0.05) is 29.5 Å². The molecule has 0 saturated heterocycles. The van der Waals surface area contributed by atoms with Crippen LogP contribution in [-0.4, -0.2) is 19.1 Å². The van der Waals surface area contributed by atoms with E-state index in [1.54, 1.807) is 5.57 Å². The molecule has 0 amide bonds. The molecule has 2 fully saturated rings. The number of hydrogen-bond donors (Lipinski definition) is 0. The molecule has 0 aliphatic heterocycles. The Labute approximate surface area is 220 Å². The Kier molecular flexibility index (Phi) is 6.21. The van der Waals surface area contributed by atoms with Crippen LogP contribution < -0.4 is 0 Å². The SMILES string of the molecule is C[C@]12CC[C@H](n3ccnc3)CC1=CC[C@@H]1[C@@H]2CC[C@]2(C)C(n3cnc4ccccc43)=CC[C@@H]12.Cl.Cl. The minimum absolute atomic E-state index is 0. The van der Waals surface area contributed by atoms with Gasteiger partial charge in [0.1, 0.15) is 6.33 Å². The topological polar surface area (TPSA) is 35.6 Å². The first-order chi connectivity index (χ1) is 16.1. The first kappa shape index (κ1) is 24.6. The van der Waals surface area contributed by atoms with Gasteiger partial charge < -0.3 is 9.13 Å². The van der Waals surface area contributed by atoms with E-state index in [1.165, 1.54) is 56.2 Å². The van der Waals surface area contributed by atoms with E-state index >= 15 is 0 Å². The molecule has 35 heavy (non-hydrogen) atoms. The number of para-hydroxylation sites is 2. The van der Waals surface area contributed by atoms with Crippen molar-refractivity contribution in [2.75, 3.05) is 0 Å². The summed E-state index contributed by atoms with van der Waals surface area (Å²) in [6, 6.07) is 9.17. The zero-order chi connectivity index (χ0) is 22.2. The van der Waals surface area contributed by atoms with Crippen LogP contribution >= 0.6 is 24.8 Å². The van der Waals surface area contributed by atoms with Gasteiger partial charge >= 0.3 is 0 Å². The van der Waals surface area contributed by atoms with Gasteiger partial charge in [0.2, 0.25) is 0 Å². The Hall–Kier alpha value is -2.04. The molecule has 2 heterocycles. The standard InChI is InChI=1S/C29H34N4.2ClH/c1-28-13-11-21(32-16-15-30-18-32)17-20(28)7-8-22-23-9-10-27(29(23,2)14-12-24(22)28)33-19-31-25-5-3-4-6-26(25)33;;/h3-7,10,15-16,18-19,21-24H,8-9,11-14,17H2,1-2H3;2*1H/t21-,22-,23-,24-,28-,29-;;/m0../s1. The van der Waals surface area contributed by atoms with Gasteiger partial charge in [-0.2, -0.15) is 0 Å². The van der Waals surface area contributed by atoms with Crippen LogP contribution in [-0.2, 0) is 0 Å². The highest BCUT2D eigenvalue weighted by Gasteiger charge is 2.57. The van der Waals surface area contributed by atoms with E-state index in [2.05, 4.69) is 76.9 Å². The summed E-state index contributed by atoms with van der Waals surface area (Å²) in [5.74, 6) is 2.37. The van der Waals surface area contributed by atoms with Crippen molar-refractivity contribution in [1.82, 2.24) is 19.1 Å². The van der Waals surface area contributed by atoms with Gasteiger partial charge in [-0.15, -0.1) is 24.8 Å². The van der Waals surface area contributed by atoms with Crippen LogP contribution in [0.4, 0.5) is 0 Å². The fourth-order valence-corrected chi connectivity index (χ4v) is 8.45. The number of nitrogens with zero attached hydrogens (tertiary/aromatic N) is 4. The number of imidazole rings is 2. The summed E-state index contributed by atoms with van der Waals surface area (Å²) in [4.78, 5) is 9.02. The van der Waals surface area contributed by atoms with Crippen LogP contribution in [0.15, 0.2) is 67.0 Å². The number of fused-ring (bicyclic) bond motifs is 6. The Morgan fingerprint density at radius 2 is 1.74 bits per heavy atom. The van der Waals surface area contributed by atoms with E-state index in [9.17, 15) is 0 Å². The summed E-state index contributed by atoms with van der Waals surface area (Å²) < 4.78 is 4.74. The van der Waals surface area contributed by atoms with E-state index in [1.807, 2.05) is 12.5 Å². The number of halogens is 2. The van der Waals surface area contributed by atoms with Crippen molar-refractivity contribution in [2.45, 2.75) is 64.8 Å². The largest absolute Gasteiger partial charge is 0.334 e. The van der Waals surface area contributed by atoms with Gasteiger partial charge in [-0.25, -0.2) is 9.97 Å². The van der Waals surface area contributed by atoms with E-state index in [0.717, 1.165) is 23.3 Å². The van der Waals surface area contributed by atoms with Gasteiger partial charge in [-0.1, -0.05) is 43.7 Å². The van der Waals surface area contributed by atoms with Crippen molar-refractivity contribution in [1.29, 1.82) is 0 Å². The molecule has 186 valence electrons. The van der Waals surface area contributed by atoms with E-state index in [4.69, 9.17) is 4.98 Å². The molecule has 0 N–H and O–H groups in total. The van der Waals surface area contributed by atoms with Crippen molar-refractivity contribution in [3.05, 3.63) is 67.0 Å². The molecule has 6 heteroatoms. The second-order valence-electron chi connectivity index (χ2n) is 11.6. The summed E-state index contributed by atoms with van der Waals surface area (Å²) in [6.07, 6.45) is 22.3. The first-order valence-corrected chi connectivity index (χ1v) is 12.9. The Bertz CT molecular complexity index is 1270. The van der Waals surface area contributed by atoms with Crippen molar-refractivity contribution in [3.8, 4) is 0 Å². The fourth-order valence-electron chi connectivity index (χ4n) is 8.45. The lowest BCUT2D eigenvalue weighted by Crippen LogP contribution is -2.49. The summed E-state index contributed by atoms with van der Waals surface area (Å²) >= 11 is 0. The van der Waals surface area contributed by atoms with Gasteiger partial charge in [0.25, 0.3) is 0 Å². The lowest BCUT2D eigenvalue weighted by atomic mass is 9.47. The number of allylic oxidation sites excluding steroid dienone is 4. The predicted molar refractivity (Wildman–Crippen MR) is 147 cm³/mol. The molecule has 0 unspecified atom stereocenters. The number of aromatic nitrogens is 4. The third-order valence-electron chi connectivity index (χ3n) is 10.3. The molecule has 2 saturated carbocycles. The lowest BCUT2D eigenvalue weighted by Gasteiger charge is -2.58. The Morgan fingerprint density at radius 1 is 0.914 bits per heavy atom. The Balaban J connectivity index is 0.00000127. The molecule has 0 radical (unpaired) electrons. The summed E-state index contributed by atoms with van der Waals surface area (Å²) in [5.41, 5.74) is 6.23. The van der Waals surface area contributed by atoms with E-state index in [-0.39, 0.29) is 30.2 Å². The van der Waals surface area contributed by atoms with Crippen LogP contribution in [0.3, 0.4) is 0 Å². The average Bonchev–Trinajstić information content (AvgIpc) is 3.57. The summed E-state index contributed by atoms with van der Waals surface area (Å²) in [5, 5.41) is 0. The Morgan fingerprint density at radius 3 is 2.57 bits per heavy atom. The molecular formula is C29H36Cl2N4. The van der Waals surface area contributed by atoms with Crippen LogP contribution in [0, 0.1) is 28.6 Å². The number of hydrogen-bond acceptors (Lipinski definition) is 2. The van der Waals surface area contributed by atoms with Crippen molar-refractivity contribution >= 4 is 41.5 Å². The molecule has 6 atom stereocenters. The average molecular weight is 512 g/mol. The highest BCUT2D eigenvalue weighted by molar-refractivity contribution is 5.85. The minimum atomic E-state index is 0. The summed E-state index contributed by atoms with van der Waals surface area (Å²) in [6.45, 7) is 5.16. The summed E-state index contributed by atoms with van der Waals surface area (Å²) in [7, 11) is 0.